The number of rotatable bonds is 5. The van der Waals surface area contributed by atoms with Gasteiger partial charge in [0.05, 0.1) is 6.04 Å². The summed E-state index contributed by atoms with van der Waals surface area (Å²) in [5, 5.41) is 4.05. The second-order valence-corrected chi connectivity index (χ2v) is 7.39. The summed E-state index contributed by atoms with van der Waals surface area (Å²) >= 11 is 0. The number of halogens is 1. The Hall–Kier alpha value is -2.57. The van der Waals surface area contributed by atoms with Gasteiger partial charge in [-0.1, -0.05) is 47.6 Å². The highest BCUT2D eigenvalue weighted by Gasteiger charge is 2.26. The lowest BCUT2D eigenvalue weighted by Gasteiger charge is -2.36. The van der Waals surface area contributed by atoms with Crippen molar-refractivity contribution in [3.63, 3.8) is 0 Å². The number of hydrogen-bond acceptors (Lipinski definition) is 5. The zero-order chi connectivity index (χ0) is 19.5. The van der Waals surface area contributed by atoms with E-state index in [2.05, 4.69) is 51.1 Å². The molecule has 0 saturated carbocycles. The monoisotopic (exact) mass is 380 g/mol. The van der Waals surface area contributed by atoms with E-state index in [1.807, 2.05) is 12.1 Å². The van der Waals surface area contributed by atoms with Crippen LogP contribution in [-0.2, 0) is 6.54 Å². The van der Waals surface area contributed by atoms with Crippen LogP contribution in [0, 0.1) is 12.7 Å². The summed E-state index contributed by atoms with van der Waals surface area (Å²) in [6.07, 6.45) is 0. The van der Waals surface area contributed by atoms with Crippen LogP contribution in [0.3, 0.4) is 0 Å². The molecule has 1 fully saturated rings. The first-order chi connectivity index (χ1) is 13.6. The topological polar surface area (TPSA) is 45.4 Å². The molecule has 0 spiro atoms. The third-order valence-electron chi connectivity index (χ3n) is 5.43. The Morgan fingerprint density at radius 3 is 2.54 bits per heavy atom. The van der Waals surface area contributed by atoms with Gasteiger partial charge < -0.3 is 4.52 Å². The van der Waals surface area contributed by atoms with Crippen LogP contribution in [0.4, 0.5) is 4.39 Å². The van der Waals surface area contributed by atoms with Crippen molar-refractivity contribution in [3.05, 3.63) is 71.4 Å². The minimum absolute atomic E-state index is 0.0374. The van der Waals surface area contributed by atoms with Gasteiger partial charge in [0.15, 0.2) is 0 Å². The van der Waals surface area contributed by atoms with E-state index in [9.17, 15) is 4.39 Å². The molecular formula is C22H25FN4O. The average Bonchev–Trinajstić information content (AvgIpc) is 3.21. The second kappa shape index (κ2) is 8.20. The van der Waals surface area contributed by atoms with Gasteiger partial charge in [0.1, 0.15) is 5.82 Å². The maximum atomic E-state index is 13.8. The lowest BCUT2D eigenvalue weighted by atomic mass is 10.1. The fourth-order valence-corrected chi connectivity index (χ4v) is 3.56. The molecule has 1 unspecified atom stereocenters. The zero-order valence-corrected chi connectivity index (χ0v) is 16.3. The molecule has 1 aliphatic heterocycles. The van der Waals surface area contributed by atoms with E-state index < -0.39 is 0 Å². The van der Waals surface area contributed by atoms with Crippen LogP contribution < -0.4 is 0 Å². The van der Waals surface area contributed by atoms with Gasteiger partial charge in [0.25, 0.3) is 0 Å². The first-order valence-corrected chi connectivity index (χ1v) is 9.70. The van der Waals surface area contributed by atoms with Crippen molar-refractivity contribution < 1.29 is 8.91 Å². The minimum Gasteiger partial charge on any atom is -0.337 e. The second-order valence-electron chi connectivity index (χ2n) is 7.39. The fraction of sp³-hybridized carbons (Fsp3) is 0.364. The van der Waals surface area contributed by atoms with E-state index in [0.29, 0.717) is 22.8 Å². The molecule has 2 aromatic carbocycles. The predicted octanol–water partition coefficient (Wildman–Crippen LogP) is 4.06. The first-order valence-electron chi connectivity index (χ1n) is 9.70. The number of hydrogen-bond donors (Lipinski definition) is 0. The van der Waals surface area contributed by atoms with Crippen molar-refractivity contribution in [2.75, 3.05) is 26.2 Å². The number of piperazine rings is 1. The molecule has 0 N–H and O–H groups in total. The van der Waals surface area contributed by atoms with Crippen molar-refractivity contribution in [1.82, 2.24) is 19.9 Å². The molecule has 0 aliphatic carbocycles. The largest absolute Gasteiger partial charge is 0.337 e. The van der Waals surface area contributed by atoms with Gasteiger partial charge in [-0.05, 0) is 31.0 Å². The van der Waals surface area contributed by atoms with Gasteiger partial charge in [-0.2, -0.15) is 4.98 Å². The highest BCUT2D eigenvalue weighted by molar-refractivity contribution is 5.55. The molecule has 2 heterocycles. The summed E-state index contributed by atoms with van der Waals surface area (Å²) in [7, 11) is 0. The number of nitrogens with zero attached hydrogens (tertiary/aromatic N) is 4. The fourth-order valence-electron chi connectivity index (χ4n) is 3.56. The Morgan fingerprint density at radius 1 is 1.07 bits per heavy atom. The minimum atomic E-state index is -0.258. The van der Waals surface area contributed by atoms with Crippen LogP contribution in [0.15, 0.2) is 53.1 Å². The normalized spacial score (nSPS) is 17.0. The Kier molecular flexibility index (Phi) is 5.50. The highest BCUT2D eigenvalue weighted by atomic mass is 19.1. The van der Waals surface area contributed by atoms with Crippen LogP contribution in [0.25, 0.3) is 11.4 Å². The van der Waals surface area contributed by atoms with Crippen molar-refractivity contribution in [2.45, 2.75) is 26.4 Å². The molecule has 0 bridgehead atoms. The third kappa shape index (κ3) is 4.13. The Balaban J connectivity index is 1.37. The molecule has 0 radical (unpaired) electrons. The van der Waals surface area contributed by atoms with E-state index in [4.69, 9.17) is 4.52 Å². The van der Waals surface area contributed by atoms with Crippen LogP contribution in [0.1, 0.15) is 30.0 Å². The summed E-state index contributed by atoms with van der Waals surface area (Å²) in [4.78, 5) is 9.33. The molecule has 4 rings (SSSR count). The molecule has 5 nitrogen and oxygen atoms in total. The van der Waals surface area contributed by atoms with Gasteiger partial charge in [0.2, 0.25) is 11.7 Å². The smallest absolute Gasteiger partial charge is 0.244 e. The molecule has 1 saturated heterocycles. The molecule has 146 valence electrons. The molecule has 1 aliphatic rings. The predicted molar refractivity (Wildman–Crippen MR) is 106 cm³/mol. The van der Waals surface area contributed by atoms with Gasteiger partial charge in [-0.3, -0.25) is 9.80 Å². The van der Waals surface area contributed by atoms with Crippen LogP contribution >= 0.6 is 0 Å². The quantitative estimate of drug-likeness (QED) is 0.668. The third-order valence-corrected chi connectivity index (χ3v) is 5.43. The van der Waals surface area contributed by atoms with E-state index in [1.54, 1.807) is 13.0 Å². The summed E-state index contributed by atoms with van der Waals surface area (Å²) in [6, 6.07) is 15.6. The van der Waals surface area contributed by atoms with Gasteiger partial charge >= 0.3 is 0 Å². The Morgan fingerprint density at radius 2 is 1.82 bits per heavy atom. The molecule has 1 atom stereocenters. The summed E-state index contributed by atoms with van der Waals surface area (Å²) in [6.45, 7) is 8.70. The number of aryl methyl sites for hydroxylation is 1. The van der Waals surface area contributed by atoms with Crippen LogP contribution in [0.5, 0.6) is 0 Å². The SMILES string of the molecule is Cc1ccc(-c2noc(C(C)N3CCN(Cc4ccccc4)CC3)n2)cc1F. The lowest BCUT2D eigenvalue weighted by molar-refractivity contribution is 0.0845. The van der Waals surface area contributed by atoms with Gasteiger partial charge in [0, 0.05) is 38.3 Å². The molecule has 28 heavy (non-hydrogen) atoms. The Bertz CT molecular complexity index is 919. The highest BCUT2D eigenvalue weighted by Crippen LogP contribution is 2.24. The summed E-state index contributed by atoms with van der Waals surface area (Å²) in [5.74, 6) is 0.752. The first kappa shape index (κ1) is 18.8. The van der Waals surface area contributed by atoms with E-state index >= 15 is 0 Å². The van der Waals surface area contributed by atoms with Gasteiger partial charge in [-0.25, -0.2) is 4.39 Å². The number of aromatic nitrogens is 2. The molecule has 0 amide bonds. The van der Waals surface area contributed by atoms with E-state index in [-0.39, 0.29) is 11.9 Å². The molecule has 3 aromatic rings. The summed E-state index contributed by atoms with van der Waals surface area (Å²) < 4.78 is 19.3. The van der Waals surface area contributed by atoms with Crippen LogP contribution in [-0.4, -0.2) is 46.1 Å². The standard InChI is InChI=1S/C22H25FN4O/c1-16-8-9-19(14-20(16)23)21-24-22(28-25-21)17(2)27-12-10-26(11-13-27)15-18-6-4-3-5-7-18/h3-9,14,17H,10-13,15H2,1-2H3. The van der Waals surface area contributed by atoms with Crippen molar-refractivity contribution in [3.8, 4) is 11.4 Å². The summed E-state index contributed by atoms with van der Waals surface area (Å²) in [5.41, 5.74) is 2.59. The van der Waals surface area contributed by atoms with E-state index in [0.717, 1.165) is 32.7 Å². The maximum absolute atomic E-state index is 13.8. The molecule has 1 aromatic heterocycles. The van der Waals surface area contributed by atoms with Crippen molar-refractivity contribution in [1.29, 1.82) is 0 Å². The van der Waals surface area contributed by atoms with Crippen molar-refractivity contribution in [2.24, 2.45) is 0 Å². The lowest BCUT2D eigenvalue weighted by Crippen LogP contribution is -2.46. The average molecular weight is 380 g/mol. The van der Waals surface area contributed by atoms with Crippen molar-refractivity contribution >= 4 is 0 Å². The zero-order valence-electron chi connectivity index (χ0n) is 16.3. The van der Waals surface area contributed by atoms with Crippen LogP contribution in [0.2, 0.25) is 0 Å². The number of benzene rings is 2. The molecule has 6 heteroatoms. The van der Waals surface area contributed by atoms with Gasteiger partial charge in [-0.15, -0.1) is 0 Å². The Labute approximate surface area is 164 Å². The maximum Gasteiger partial charge on any atom is 0.244 e. The van der Waals surface area contributed by atoms with E-state index in [1.165, 1.54) is 11.6 Å². The molecular weight excluding hydrogens is 355 g/mol.